The zero-order valence-electron chi connectivity index (χ0n) is 10.2. The van der Waals surface area contributed by atoms with Crippen molar-refractivity contribution in [3.63, 3.8) is 0 Å². The molecule has 1 aromatic heterocycles. The van der Waals surface area contributed by atoms with Gasteiger partial charge in [-0.25, -0.2) is 4.98 Å². The van der Waals surface area contributed by atoms with Gasteiger partial charge in [0.1, 0.15) is 0 Å². The molecular formula is C12H18ClN3O. The summed E-state index contributed by atoms with van der Waals surface area (Å²) in [5.74, 6) is 1.25. The Morgan fingerprint density at radius 3 is 2.82 bits per heavy atom. The van der Waals surface area contributed by atoms with Crippen LogP contribution in [0.3, 0.4) is 0 Å². The van der Waals surface area contributed by atoms with Crippen LogP contribution in [-0.2, 0) is 0 Å². The van der Waals surface area contributed by atoms with Gasteiger partial charge in [-0.1, -0.05) is 13.8 Å². The topological polar surface area (TPSA) is 46.9 Å². The third kappa shape index (κ3) is 2.80. The van der Waals surface area contributed by atoms with Gasteiger partial charge in [0.2, 0.25) is 0 Å². The quantitative estimate of drug-likeness (QED) is 0.821. The monoisotopic (exact) mass is 255 g/mol. The van der Waals surface area contributed by atoms with Crippen LogP contribution in [0, 0.1) is 5.92 Å². The van der Waals surface area contributed by atoms with E-state index in [-0.39, 0.29) is 11.6 Å². The van der Waals surface area contributed by atoms with Gasteiger partial charge in [-0.05, 0) is 18.8 Å². The number of alkyl halides is 1. The van der Waals surface area contributed by atoms with Crippen LogP contribution < -0.4 is 10.9 Å². The zero-order valence-corrected chi connectivity index (χ0v) is 10.9. The van der Waals surface area contributed by atoms with E-state index in [9.17, 15) is 4.79 Å². The predicted octanol–water partition coefficient (Wildman–Crippen LogP) is 2.25. The average Bonchev–Trinajstić information content (AvgIpc) is 3.11. The van der Waals surface area contributed by atoms with Crippen LogP contribution in [0.2, 0.25) is 0 Å². The summed E-state index contributed by atoms with van der Waals surface area (Å²) in [4.78, 5) is 16.2. The highest BCUT2D eigenvalue weighted by Crippen LogP contribution is 2.33. The fraction of sp³-hybridized carbons (Fsp3) is 0.667. The second kappa shape index (κ2) is 5.08. The van der Waals surface area contributed by atoms with Crippen molar-refractivity contribution in [2.24, 2.45) is 5.92 Å². The molecule has 1 N–H and O–H groups in total. The summed E-state index contributed by atoms with van der Waals surface area (Å²) in [6.07, 6.45) is 5.61. The largest absolute Gasteiger partial charge is 0.361 e. The Balaban J connectivity index is 2.20. The molecule has 1 aliphatic rings. The lowest BCUT2D eigenvalue weighted by Crippen LogP contribution is -2.33. The van der Waals surface area contributed by atoms with Crippen molar-refractivity contribution in [2.75, 3.05) is 11.2 Å². The number of hydrogen-bond donors (Lipinski definition) is 1. The highest BCUT2D eigenvalue weighted by Gasteiger charge is 2.25. The van der Waals surface area contributed by atoms with Gasteiger partial charge >= 0.3 is 0 Å². The van der Waals surface area contributed by atoms with Crippen LogP contribution in [0.1, 0.15) is 32.7 Å². The highest BCUT2D eigenvalue weighted by molar-refractivity contribution is 6.18. The first-order valence-electron chi connectivity index (χ1n) is 6.03. The van der Waals surface area contributed by atoms with E-state index in [1.54, 1.807) is 17.0 Å². The van der Waals surface area contributed by atoms with E-state index in [0.717, 1.165) is 12.8 Å². The molecular weight excluding hydrogens is 238 g/mol. The maximum absolute atomic E-state index is 12.1. The van der Waals surface area contributed by atoms with E-state index in [1.807, 2.05) is 0 Å². The minimum Gasteiger partial charge on any atom is -0.361 e. The van der Waals surface area contributed by atoms with Crippen LogP contribution in [0.5, 0.6) is 0 Å². The summed E-state index contributed by atoms with van der Waals surface area (Å²) in [6, 6.07) is 0.450. The molecule has 0 bridgehead atoms. The van der Waals surface area contributed by atoms with Gasteiger partial charge in [0.15, 0.2) is 5.82 Å². The molecule has 0 aromatic carbocycles. The fourth-order valence-electron chi connectivity index (χ4n) is 1.72. The average molecular weight is 256 g/mol. The molecule has 1 aliphatic carbocycles. The molecule has 0 radical (unpaired) electrons. The van der Waals surface area contributed by atoms with Crippen molar-refractivity contribution in [2.45, 2.75) is 38.8 Å². The molecule has 1 atom stereocenters. The molecule has 0 aliphatic heterocycles. The molecule has 0 spiro atoms. The number of nitrogens with zero attached hydrogens (tertiary/aromatic N) is 2. The summed E-state index contributed by atoms with van der Waals surface area (Å²) in [5, 5.41) is 3.14. The number of aromatic nitrogens is 2. The van der Waals surface area contributed by atoms with E-state index < -0.39 is 0 Å². The van der Waals surface area contributed by atoms with E-state index in [2.05, 4.69) is 24.1 Å². The first-order chi connectivity index (χ1) is 8.13. The lowest BCUT2D eigenvalue weighted by atomic mass is 10.1. The van der Waals surface area contributed by atoms with Gasteiger partial charge in [0, 0.05) is 30.4 Å². The number of nitrogens with one attached hydrogen (secondary N) is 1. The summed E-state index contributed by atoms with van der Waals surface area (Å²) < 4.78 is 1.76. The van der Waals surface area contributed by atoms with Gasteiger partial charge in [-0.15, -0.1) is 11.6 Å². The molecule has 5 heteroatoms. The molecule has 1 aromatic rings. The van der Waals surface area contributed by atoms with Gasteiger partial charge in [0.05, 0.1) is 0 Å². The smallest absolute Gasteiger partial charge is 0.293 e. The molecule has 17 heavy (non-hydrogen) atoms. The van der Waals surface area contributed by atoms with E-state index in [1.165, 1.54) is 0 Å². The van der Waals surface area contributed by atoms with Crippen molar-refractivity contribution in [3.8, 4) is 0 Å². The SMILES string of the molecule is CC(C)C(CCl)Nc1nccn(C2CC2)c1=O. The lowest BCUT2D eigenvalue weighted by molar-refractivity contribution is 0.560. The van der Waals surface area contributed by atoms with Gasteiger partial charge < -0.3 is 9.88 Å². The molecule has 0 amide bonds. The predicted molar refractivity (Wildman–Crippen MR) is 69.7 cm³/mol. The lowest BCUT2D eigenvalue weighted by Gasteiger charge is -2.20. The summed E-state index contributed by atoms with van der Waals surface area (Å²) >= 11 is 5.88. The maximum atomic E-state index is 12.1. The standard InChI is InChI=1S/C12H18ClN3O/c1-8(2)10(7-13)15-11-12(17)16(6-5-14-11)9-3-4-9/h5-6,8-10H,3-4,7H2,1-2H3,(H,14,15). The van der Waals surface area contributed by atoms with Crippen LogP contribution in [0.4, 0.5) is 5.82 Å². The molecule has 1 saturated carbocycles. The maximum Gasteiger partial charge on any atom is 0.293 e. The first kappa shape index (κ1) is 12.4. The minimum atomic E-state index is -0.0363. The number of hydrogen-bond acceptors (Lipinski definition) is 3. The Bertz CT molecular complexity index is 440. The van der Waals surface area contributed by atoms with Crippen molar-refractivity contribution in [1.82, 2.24) is 9.55 Å². The molecule has 1 unspecified atom stereocenters. The molecule has 2 rings (SSSR count). The summed E-state index contributed by atoms with van der Waals surface area (Å²) in [5.41, 5.74) is -0.0363. The normalized spacial score (nSPS) is 17.2. The van der Waals surface area contributed by atoms with Crippen molar-refractivity contribution >= 4 is 17.4 Å². The molecule has 94 valence electrons. The van der Waals surface area contributed by atoms with Gasteiger partial charge in [-0.2, -0.15) is 0 Å². The fourth-order valence-corrected chi connectivity index (χ4v) is 2.16. The van der Waals surface area contributed by atoms with Crippen molar-refractivity contribution < 1.29 is 0 Å². The summed E-state index contributed by atoms with van der Waals surface area (Å²) in [6.45, 7) is 4.14. The van der Waals surface area contributed by atoms with Gasteiger partial charge in [0.25, 0.3) is 5.56 Å². The van der Waals surface area contributed by atoms with Crippen LogP contribution >= 0.6 is 11.6 Å². The number of rotatable bonds is 5. The Hall–Kier alpha value is -1.03. The van der Waals surface area contributed by atoms with E-state index in [0.29, 0.717) is 23.7 Å². The molecule has 0 saturated heterocycles. The highest BCUT2D eigenvalue weighted by atomic mass is 35.5. The molecule has 4 nitrogen and oxygen atoms in total. The summed E-state index contributed by atoms with van der Waals surface area (Å²) in [7, 11) is 0. The Labute approximate surface area is 106 Å². The van der Waals surface area contributed by atoms with Crippen molar-refractivity contribution in [1.29, 1.82) is 0 Å². The van der Waals surface area contributed by atoms with Crippen LogP contribution in [-0.4, -0.2) is 21.5 Å². The van der Waals surface area contributed by atoms with E-state index >= 15 is 0 Å². The van der Waals surface area contributed by atoms with Crippen LogP contribution in [0.15, 0.2) is 17.2 Å². The number of anilines is 1. The third-order valence-corrected chi connectivity index (χ3v) is 3.43. The zero-order chi connectivity index (χ0) is 12.4. The Kier molecular flexibility index (Phi) is 3.72. The minimum absolute atomic E-state index is 0.0363. The van der Waals surface area contributed by atoms with Gasteiger partial charge in [-0.3, -0.25) is 4.79 Å². The Morgan fingerprint density at radius 2 is 2.29 bits per heavy atom. The number of halogens is 1. The van der Waals surface area contributed by atoms with Crippen LogP contribution in [0.25, 0.3) is 0 Å². The first-order valence-corrected chi connectivity index (χ1v) is 6.56. The van der Waals surface area contributed by atoms with E-state index in [4.69, 9.17) is 11.6 Å². The second-order valence-corrected chi connectivity index (χ2v) is 5.18. The third-order valence-electron chi connectivity index (χ3n) is 3.10. The molecule has 1 heterocycles. The Morgan fingerprint density at radius 1 is 1.59 bits per heavy atom. The van der Waals surface area contributed by atoms with Crippen molar-refractivity contribution in [3.05, 3.63) is 22.7 Å². The second-order valence-electron chi connectivity index (χ2n) is 4.87. The molecule has 1 fully saturated rings.